The number of aliphatic hydroxyl groups is 1. The Hall–Kier alpha value is -0.390. The number of halogens is 2. The lowest BCUT2D eigenvalue weighted by atomic mass is 10.1. The van der Waals surface area contributed by atoms with Gasteiger partial charge in [0.15, 0.2) is 6.10 Å². The maximum atomic E-state index is 10.4. The van der Waals surface area contributed by atoms with Gasteiger partial charge in [0.25, 0.3) is 0 Å². The lowest BCUT2D eigenvalue weighted by molar-refractivity contribution is -0.146. The molecule has 0 bridgehead atoms. The SMILES string of the molecule is O=C(O)[C@@H](O)c1ccc(Br)c(Br)c1. The van der Waals surface area contributed by atoms with Crippen LogP contribution in [-0.4, -0.2) is 16.2 Å². The van der Waals surface area contributed by atoms with Crippen LogP contribution in [0.3, 0.4) is 0 Å². The van der Waals surface area contributed by atoms with Gasteiger partial charge in [-0.15, -0.1) is 0 Å². The number of hydrogen-bond donors (Lipinski definition) is 2. The van der Waals surface area contributed by atoms with Crippen LogP contribution in [0, 0.1) is 0 Å². The fraction of sp³-hybridized carbons (Fsp3) is 0.125. The Kier molecular flexibility index (Phi) is 3.47. The monoisotopic (exact) mass is 308 g/mol. The van der Waals surface area contributed by atoms with Crippen LogP contribution in [0.5, 0.6) is 0 Å². The van der Waals surface area contributed by atoms with E-state index in [-0.39, 0.29) is 0 Å². The van der Waals surface area contributed by atoms with Crippen molar-refractivity contribution in [2.45, 2.75) is 6.10 Å². The van der Waals surface area contributed by atoms with Crippen LogP contribution < -0.4 is 0 Å². The van der Waals surface area contributed by atoms with Gasteiger partial charge < -0.3 is 10.2 Å². The third kappa shape index (κ3) is 2.52. The quantitative estimate of drug-likeness (QED) is 0.881. The van der Waals surface area contributed by atoms with E-state index >= 15 is 0 Å². The molecule has 0 aliphatic rings. The fourth-order valence-electron chi connectivity index (χ4n) is 0.825. The zero-order valence-corrected chi connectivity index (χ0v) is 9.54. The predicted octanol–water partition coefficient (Wildman–Crippen LogP) is 2.33. The summed E-state index contributed by atoms with van der Waals surface area (Å²) in [5, 5.41) is 17.7. The Bertz CT molecular complexity index is 338. The molecular formula is C8H6Br2O3. The van der Waals surface area contributed by atoms with Crippen molar-refractivity contribution in [3.63, 3.8) is 0 Å². The minimum Gasteiger partial charge on any atom is -0.479 e. The van der Waals surface area contributed by atoms with Gasteiger partial charge in [0.2, 0.25) is 0 Å². The summed E-state index contributed by atoms with van der Waals surface area (Å²) in [5.74, 6) is -1.26. The molecule has 70 valence electrons. The highest BCUT2D eigenvalue weighted by Gasteiger charge is 2.16. The third-order valence-electron chi connectivity index (χ3n) is 1.49. The number of hydrogen-bond acceptors (Lipinski definition) is 2. The highest BCUT2D eigenvalue weighted by Crippen LogP contribution is 2.26. The Morgan fingerprint density at radius 1 is 1.31 bits per heavy atom. The van der Waals surface area contributed by atoms with Crippen molar-refractivity contribution in [3.05, 3.63) is 32.7 Å². The molecule has 1 aromatic carbocycles. The van der Waals surface area contributed by atoms with Gasteiger partial charge in [-0.2, -0.15) is 0 Å². The fourth-order valence-corrected chi connectivity index (χ4v) is 1.47. The molecule has 0 saturated carbocycles. The summed E-state index contributed by atoms with van der Waals surface area (Å²) < 4.78 is 1.53. The van der Waals surface area contributed by atoms with Crippen molar-refractivity contribution in [2.75, 3.05) is 0 Å². The van der Waals surface area contributed by atoms with Crippen LogP contribution >= 0.6 is 31.9 Å². The Morgan fingerprint density at radius 2 is 1.92 bits per heavy atom. The van der Waals surface area contributed by atoms with E-state index in [2.05, 4.69) is 31.9 Å². The van der Waals surface area contributed by atoms with Gasteiger partial charge in [0.05, 0.1) is 0 Å². The number of carboxylic acids is 1. The van der Waals surface area contributed by atoms with Crippen molar-refractivity contribution in [1.82, 2.24) is 0 Å². The molecule has 0 aliphatic carbocycles. The van der Waals surface area contributed by atoms with Gasteiger partial charge in [-0.3, -0.25) is 0 Å². The zero-order chi connectivity index (χ0) is 10.0. The Labute approximate surface area is 91.6 Å². The maximum Gasteiger partial charge on any atom is 0.337 e. The maximum absolute atomic E-state index is 10.4. The molecule has 0 heterocycles. The zero-order valence-electron chi connectivity index (χ0n) is 6.37. The van der Waals surface area contributed by atoms with Crippen LogP contribution in [-0.2, 0) is 4.79 Å². The van der Waals surface area contributed by atoms with Crippen molar-refractivity contribution >= 4 is 37.8 Å². The molecule has 1 atom stereocenters. The van der Waals surface area contributed by atoms with Crippen molar-refractivity contribution in [1.29, 1.82) is 0 Å². The predicted molar refractivity (Wildman–Crippen MR) is 54.4 cm³/mol. The average Bonchev–Trinajstić information content (AvgIpc) is 2.08. The van der Waals surface area contributed by atoms with E-state index in [1.165, 1.54) is 0 Å². The standard InChI is InChI=1S/C8H6Br2O3/c9-5-2-1-4(3-6(5)10)7(11)8(12)13/h1-3,7,11H,(H,12,13)/t7-/m0/s1. The number of carbonyl (C=O) groups is 1. The van der Waals surface area contributed by atoms with Gasteiger partial charge in [-0.1, -0.05) is 6.07 Å². The van der Waals surface area contributed by atoms with Crippen molar-refractivity contribution in [2.24, 2.45) is 0 Å². The summed E-state index contributed by atoms with van der Waals surface area (Å²) in [6, 6.07) is 4.78. The first-order valence-electron chi connectivity index (χ1n) is 3.38. The summed E-state index contributed by atoms with van der Waals surface area (Å²) >= 11 is 6.45. The van der Waals surface area contributed by atoms with Gasteiger partial charge in [-0.05, 0) is 49.6 Å². The lowest BCUT2D eigenvalue weighted by Crippen LogP contribution is -2.10. The molecule has 3 nitrogen and oxygen atoms in total. The number of carboxylic acid groups (broad SMARTS) is 1. The van der Waals surface area contributed by atoms with E-state index in [4.69, 9.17) is 5.11 Å². The second kappa shape index (κ2) is 4.21. The first-order valence-corrected chi connectivity index (χ1v) is 4.97. The number of rotatable bonds is 2. The summed E-state index contributed by atoms with van der Waals surface area (Å²) in [6.07, 6.45) is -1.47. The largest absolute Gasteiger partial charge is 0.479 e. The molecule has 1 aromatic rings. The average molecular weight is 310 g/mol. The van der Waals surface area contributed by atoms with Crippen LogP contribution in [0.2, 0.25) is 0 Å². The molecule has 0 fully saturated rings. The van der Waals surface area contributed by atoms with Gasteiger partial charge >= 0.3 is 5.97 Å². The van der Waals surface area contributed by atoms with E-state index in [9.17, 15) is 9.90 Å². The number of aliphatic carboxylic acids is 1. The molecule has 1 rings (SSSR count). The van der Waals surface area contributed by atoms with Crippen LogP contribution in [0.1, 0.15) is 11.7 Å². The molecule has 0 spiro atoms. The van der Waals surface area contributed by atoms with E-state index < -0.39 is 12.1 Å². The van der Waals surface area contributed by atoms with Gasteiger partial charge in [0, 0.05) is 8.95 Å². The second-order valence-electron chi connectivity index (χ2n) is 2.41. The third-order valence-corrected chi connectivity index (χ3v) is 3.37. The molecule has 0 radical (unpaired) electrons. The molecule has 0 amide bonds. The molecule has 13 heavy (non-hydrogen) atoms. The Morgan fingerprint density at radius 3 is 2.38 bits per heavy atom. The first-order chi connectivity index (χ1) is 6.02. The minimum absolute atomic E-state index is 0.350. The van der Waals surface area contributed by atoms with Gasteiger partial charge in [-0.25, -0.2) is 4.79 Å². The molecule has 2 N–H and O–H groups in total. The summed E-state index contributed by atoms with van der Waals surface area (Å²) in [7, 11) is 0. The molecular weight excluding hydrogens is 304 g/mol. The topological polar surface area (TPSA) is 57.5 Å². The summed E-state index contributed by atoms with van der Waals surface area (Å²) in [5.41, 5.74) is 0.350. The summed E-state index contributed by atoms with van der Waals surface area (Å²) in [6.45, 7) is 0. The lowest BCUT2D eigenvalue weighted by Gasteiger charge is -2.06. The number of aliphatic hydroxyl groups excluding tert-OH is 1. The molecule has 0 unspecified atom stereocenters. The number of benzene rings is 1. The normalized spacial score (nSPS) is 12.5. The van der Waals surface area contributed by atoms with Crippen LogP contribution in [0.4, 0.5) is 0 Å². The van der Waals surface area contributed by atoms with E-state index in [0.717, 1.165) is 4.47 Å². The Balaban J connectivity index is 3.03. The summed E-state index contributed by atoms with van der Waals surface area (Å²) in [4.78, 5) is 10.4. The second-order valence-corrected chi connectivity index (χ2v) is 4.12. The molecule has 0 aliphatic heterocycles. The van der Waals surface area contributed by atoms with E-state index in [0.29, 0.717) is 10.0 Å². The van der Waals surface area contributed by atoms with E-state index in [1.807, 2.05) is 0 Å². The molecule has 5 heteroatoms. The van der Waals surface area contributed by atoms with E-state index in [1.54, 1.807) is 18.2 Å². The van der Waals surface area contributed by atoms with Crippen molar-refractivity contribution in [3.8, 4) is 0 Å². The molecule has 0 saturated heterocycles. The van der Waals surface area contributed by atoms with Crippen molar-refractivity contribution < 1.29 is 15.0 Å². The smallest absolute Gasteiger partial charge is 0.337 e. The molecule has 0 aromatic heterocycles. The highest BCUT2D eigenvalue weighted by atomic mass is 79.9. The first kappa shape index (κ1) is 10.7. The van der Waals surface area contributed by atoms with Crippen LogP contribution in [0.15, 0.2) is 27.1 Å². The highest BCUT2D eigenvalue weighted by molar-refractivity contribution is 9.13. The van der Waals surface area contributed by atoms with Gasteiger partial charge in [0.1, 0.15) is 0 Å². The van der Waals surface area contributed by atoms with Crippen LogP contribution in [0.25, 0.3) is 0 Å². The minimum atomic E-state index is -1.47.